The van der Waals surface area contributed by atoms with E-state index in [1.54, 1.807) is 0 Å². The molecule has 0 unspecified atom stereocenters. The van der Waals surface area contributed by atoms with Crippen molar-refractivity contribution in [1.82, 2.24) is 24.6 Å². The highest BCUT2D eigenvalue weighted by Gasteiger charge is 2.32. The zero-order valence-electron chi connectivity index (χ0n) is 14.0. The van der Waals surface area contributed by atoms with Crippen LogP contribution in [0, 0.1) is 0 Å². The highest BCUT2D eigenvalue weighted by molar-refractivity contribution is 5.83. The molecule has 0 saturated heterocycles. The Morgan fingerprint density at radius 1 is 1.29 bits per heavy atom. The number of benzene rings is 1. The van der Waals surface area contributed by atoms with Gasteiger partial charge in [0.1, 0.15) is 11.9 Å². The van der Waals surface area contributed by atoms with E-state index in [1.165, 1.54) is 10.9 Å². The maximum atomic E-state index is 12.6. The lowest BCUT2D eigenvalue weighted by Crippen LogP contribution is -2.42. The number of nitrogens with zero attached hydrogens (tertiary/aromatic N) is 4. The Bertz CT molecular complexity index is 894. The van der Waals surface area contributed by atoms with Crippen molar-refractivity contribution in [2.45, 2.75) is 39.3 Å². The molecule has 24 heavy (non-hydrogen) atoms. The molecule has 1 aromatic carbocycles. The SMILES string of the molecule is CCCN1Cc2nnc(Cc3c[nH]c4ccccc34)n2[C@H](C)C1=O. The maximum absolute atomic E-state index is 12.6. The van der Waals surface area contributed by atoms with E-state index in [0.29, 0.717) is 13.0 Å². The first kappa shape index (κ1) is 14.9. The lowest BCUT2D eigenvalue weighted by Gasteiger charge is -2.31. The first-order valence-electron chi connectivity index (χ1n) is 8.45. The van der Waals surface area contributed by atoms with Gasteiger partial charge in [-0.05, 0) is 25.0 Å². The van der Waals surface area contributed by atoms with Crippen molar-refractivity contribution >= 4 is 16.8 Å². The van der Waals surface area contributed by atoms with E-state index < -0.39 is 0 Å². The Kier molecular flexibility index (Phi) is 3.59. The zero-order chi connectivity index (χ0) is 16.7. The van der Waals surface area contributed by atoms with Crippen molar-refractivity contribution in [3.63, 3.8) is 0 Å². The molecule has 0 spiro atoms. The Hall–Kier alpha value is -2.63. The molecule has 1 amide bonds. The van der Waals surface area contributed by atoms with Gasteiger partial charge in [0, 0.05) is 30.1 Å². The highest BCUT2D eigenvalue weighted by Crippen LogP contribution is 2.26. The molecular formula is C18H21N5O. The summed E-state index contributed by atoms with van der Waals surface area (Å²) < 4.78 is 2.01. The van der Waals surface area contributed by atoms with Gasteiger partial charge in [-0.25, -0.2) is 0 Å². The fourth-order valence-corrected chi connectivity index (χ4v) is 3.57. The molecular weight excluding hydrogens is 302 g/mol. The number of carbonyl (C=O) groups excluding carboxylic acids is 1. The second-order valence-corrected chi connectivity index (χ2v) is 6.37. The summed E-state index contributed by atoms with van der Waals surface area (Å²) >= 11 is 0. The average molecular weight is 323 g/mol. The lowest BCUT2D eigenvalue weighted by molar-refractivity contribution is -0.137. The molecule has 0 bridgehead atoms. The van der Waals surface area contributed by atoms with Gasteiger partial charge in [0.15, 0.2) is 5.82 Å². The molecule has 4 rings (SSSR count). The standard InChI is InChI=1S/C18H21N5O/c1-3-8-22-11-17-21-20-16(23(17)12(2)18(22)24)9-13-10-19-15-7-5-4-6-14(13)15/h4-7,10,12,19H,3,8-9,11H2,1-2H3/t12-/m1/s1. The smallest absolute Gasteiger partial charge is 0.245 e. The molecule has 0 fully saturated rings. The van der Waals surface area contributed by atoms with Gasteiger partial charge in [0.2, 0.25) is 5.91 Å². The predicted molar refractivity (Wildman–Crippen MR) is 91.5 cm³/mol. The van der Waals surface area contributed by atoms with Crippen LogP contribution in [0.1, 0.15) is 43.5 Å². The number of fused-ring (bicyclic) bond motifs is 2. The number of aromatic nitrogens is 4. The quantitative estimate of drug-likeness (QED) is 0.802. The molecule has 0 aliphatic carbocycles. The van der Waals surface area contributed by atoms with Gasteiger partial charge in [-0.3, -0.25) is 4.79 Å². The van der Waals surface area contributed by atoms with Crippen LogP contribution in [-0.4, -0.2) is 37.1 Å². The topological polar surface area (TPSA) is 66.8 Å². The number of nitrogens with one attached hydrogen (secondary N) is 1. The summed E-state index contributed by atoms with van der Waals surface area (Å²) in [6.07, 6.45) is 3.64. The first-order chi connectivity index (χ1) is 11.7. The van der Waals surface area contributed by atoms with E-state index in [0.717, 1.165) is 30.1 Å². The van der Waals surface area contributed by atoms with Crippen LogP contribution in [0.25, 0.3) is 10.9 Å². The Morgan fingerprint density at radius 2 is 2.12 bits per heavy atom. The molecule has 124 valence electrons. The molecule has 0 radical (unpaired) electrons. The maximum Gasteiger partial charge on any atom is 0.245 e. The number of H-pyrrole nitrogens is 1. The van der Waals surface area contributed by atoms with Crippen LogP contribution in [0.5, 0.6) is 0 Å². The summed E-state index contributed by atoms with van der Waals surface area (Å²) in [7, 11) is 0. The van der Waals surface area contributed by atoms with Crippen LogP contribution < -0.4 is 0 Å². The molecule has 0 saturated carbocycles. The predicted octanol–water partition coefficient (Wildman–Crippen LogP) is 2.66. The molecule has 6 nitrogen and oxygen atoms in total. The van der Waals surface area contributed by atoms with E-state index in [9.17, 15) is 4.79 Å². The minimum atomic E-state index is -0.240. The fourth-order valence-electron chi connectivity index (χ4n) is 3.57. The second-order valence-electron chi connectivity index (χ2n) is 6.37. The number of carbonyl (C=O) groups is 1. The average Bonchev–Trinajstić information content (AvgIpc) is 3.18. The highest BCUT2D eigenvalue weighted by atomic mass is 16.2. The summed E-state index contributed by atoms with van der Waals surface area (Å²) in [4.78, 5) is 17.8. The van der Waals surface area contributed by atoms with E-state index in [4.69, 9.17) is 0 Å². The summed E-state index contributed by atoms with van der Waals surface area (Å²) in [6.45, 7) is 5.35. The van der Waals surface area contributed by atoms with Gasteiger partial charge in [-0.1, -0.05) is 25.1 Å². The number of hydrogen-bond donors (Lipinski definition) is 1. The van der Waals surface area contributed by atoms with E-state index in [-0.39, 0.29) is 11.9 Å². The molecule has 1 aliphatic heterocycles. The molecule has 1 aliphatic rings. The second kappa shape index (κ2) is 5.78. The normalized spacial score (nSPS) is 17.5. The van der Waals surface area contributed by atoms with Gasteiger partial charge < -0.3 is 14.5 Å². The lowest BCUT2D eigenvalue weighted by atomic mass is 10.1. The number of hydrogen-bond acceptors (Lipinski definition) is 3. The van der Waals surface area contributed by atoms with E-state index >= 15 is 0 Å². The van der Waals surface area contributed by atoms with Crippen LogP contribution in [-0.2, 0) is 17.8 Å². The molecule has 1 N–H and O–H groups in total. The monoisotopic (exact) mass is 323 g/mol. The Balaban J connectivity index is 1.68. The van der Waals surface area contributed by atoms with Crippen LogP contribution in [0.2, 0.25) is 0 Å². The first-order valence-corrected chi connectivity index (χ1v) is 8.45. The van der Waals surface area contributed by atoms with Gasteiger partial charge in [-0.2, -0.15) is 0 Å². The molecule has 6 heteroatoms. The minimum Gasteiger partial charge on any atom is -0.361 e. The van der Waals surface area contributed by atoms with Gasteiger partial charge in [0.05, 0.1) is 6.54 Å². The number of rotatable bonds is 4. The molecule has 1 atom stereocenters. The Labute approximate surface area is 140 Å². The van der Waals surface area contributed by atoms with E-state index in [1.807, 2.05) is 34.7 Å². The third kappa shape index (κ3) is 2.29. The number of aromatic amines is 1. The van der Waals surface area contributed by atoms with Crippen molar-refractivity contribution in [3.8, 4) is 0 Å². The Morgan fingerprint density at radius 3 is 2.96 bits per heavy atom. The van der Waals surface area contributed by atoms with Gasteiger partial charge in [0.25, 0.3) is 0 Å². The van der Waals surface area contributed by atoms with Crippen molar-refractivity contribution in [1.29, 1.82) is 0 Å². The van der Waals surface area contributed by atoms with Crippen molar-refractivity contribution in [3.05, 3.63) is 47.7 Å². The third-order valence-corrected chi connectivity index (χ3v) is 4.74. The largest absolute Gasteiger partial charge is 0.361 e. The number of para-hydroxylation sites is 1. The van der Waals surface area contributed by atoms with Crippen LogP contribution in [0.4, 0.5) is 0 Å². The number of amides is 1. The molecule has 2 aromatic heterocycles. The minimum absolute atomic E-state index is 0.157. The fraction of sp³-hybridized carbons (Fsp3) is 0.389. The van der Waals surface area contributed by atoms with Crippen LogP contribution in [0.15, 0.2) is 30.5 Å². The van der Waals surface area contributed by atoms with Crippen molar-refractivity contribution in [2.75, 3.05) is 6.54 Å². The van der Waals surface area contributed by atoms with Crippen LogP contribution in [0.3, 0.4) is 0 Å². The summed E-state index contributed by atoms with van der Waals surface area (Å²) in [5, 5.41) is 9.91. The summed E-state index contributed by atoms with van der Waals surface area (Å²) in [5.74, 6) is 1.89. The van der Waals surface area contributed by atoms with Crippen molar-refractivity contribution < 1.29 is 4.79 Å². The van der Waals surface area contributed by atoms with Crippen LogP contribution >= 0.6 is 0 Å². The molecule has 3 heterocycles. The molecule has 3 aromatic rings. The van der Waals surface area contributed by atoms with Gasteiger partial charge in [-0.15, -0.1) is 10.2 Å². The third-order valence-electron chi connectivity index (χ3n) is 4.74. The van der Waals surface area contributed by atoms with Gasteiger partial charge >= 0.3 is 0 Å². The summed E-state index contributed by atoms with van der Waals surface area (Å²) in [5.41, 5.74) is 2.29. The zero-order valence-corrected chi connectivity index (χ0v) is 14.0. The summed E-state index contributed by atoms with van der Waals surface area (Å²) in [6, 6.07) is 7.98. The van der Waals surface area contributed by atoms with Crippen molar-refractivity contribution in [2.24, 2.45) is 0 Å². The van der Waals surface area contributed by atoms with E-state index in [2.05, 4.69) is 34.2 Å².